The summed E-state index contributed by atoms with van der Waals surface area (Å²) in [6.45, 7) is 7.27. The maximum Gasteiger partial charge on any atom is 0.0436 e. The summed E-state index contributed by atoms with van der Waals surface area (Å²) >= 11 is 0. The standard InChI is InChI=1S/C15H25NOS/c1-4-11-16-15(12-18(17)6-3)14-9-7-13(5-2)8-10-14/h7-10,15-16H,4-6,11-12H2,1-3H3. The molecule has 2 nitrogen and oxygen atoms in total. The Bertz CT molecular complexity index is 361. The van der Waals surface area contributed by atoms with Gasteiger partial charge in [-0.2, -0.15) is 0 Å². The zero-order valence-electron chi connectivity index (χ0n) is 11.7. The van der Waals surface area contributed by atoms with Crippen LogP contribution in [0.2, 0.25) is 0 Å². The third-order valence-electron chi connectivity index (χ3n) is 3.11. The van der Waals surface area contributed by atoms with Crippen molar-refractivity contribution < 1.29 is 4.21 Å². The van der Waals surface area contributed by atoms with E-state index in [1.54, 1.807) is 0 Å². The second-order valence-corrected chi connectivity index (χ2v) is 6.29. The molecule has 0 radical (unpaired) electrons. The molecule has 0 aliphatic carbocycles. The van der Waals surface area contributed by atoms with Crippen LogP contribution < -0.4 is 5.32 Å². The molecule has 0 fully saturated rings. The van der Waals surface area contributed by atoms with E-state index in [9.17, 15) is 4.21 Å². The maximum atomic E-state index is 11.8. The second kappa shape index (κ2) is 8.44. The minimum Gasteiger partial charge on any atom is -0.309 e. The molecule has 0 heterocycles. The lowest BCUT2D eigenvalue weighted by Gasteiger charge is -2.18. The van der Waals surface area contributed by atoms with Crippen LogP contribution >= 0.6 is 0 Å². The Morgan fingerprint density at radius 2 is 1.83 bits per heavy atom. The van der Waals surface area contributed by atoms with Crippen molar-refractivity contribution in [3.05, 3.63) is 35.4 Å². The van der Waals surface area contributed by atoms with Gasteiger partial charge < -0.3 is 5.32 Å². The van der Waals surface area contributed by atoms with Gasteiger partial charge in [0.1, 0.15) is 0 Å². The van der Waals surface area contributed by atoms with E-state index >= 15 is 0 Å². The van der Waals surface area contributed by atoms with E-state index in [4.69, 9.17) is 0 Å². The average molecular weight is 267 g/mol. The number of rotatable bonds is 8. The fourth-order valence-corrected chi connectivity index (χ4v) is 2.80. The zero-order chi connectivity index (χ0) is 13.4. The molecule has 1 aromatic carbocycles. The SMILES string of the molecule is CCCNC(CS(=O)CC)c1ccc(CC)cc1. The van der Waals surface area contributed by atoms with Crippen LogP contribution in [0.3, 0.4) is 0 Å². The van der Waals surface area contributed by atoms with Gasteiger partial charge in [-0.25, -0.2) is 0 Å². The predicted octanol–water partition coefficient (Wildman–Crippen LogP) is 3.06. The molecular formula is C15H25NOS. The summed E-state index contributed by atoms with van der Waals surface area (Å²) in [5.41, 5.74) is 2.60. The Hall–Kier alpha value is -0.670. The molecule has 0 spiro atoms. The molecule has 0 saturated carbocycles. The van der Waals surface area contributed by atoms with Crippen molar-refractivity contribution in [2.24, 2.45) is 0 Å². The van der Waals surface area contributed by atoms with Gasteiger partial charge in [0, 0.05) is 28.3 Å². The molecule has 3 heteroatoms. The Labute approximate surface area is 114 Å². The van der Waals surface area contributed by atoms with E-state index in [1.165, 1.54) is 11.1 Å². The van der Waals surface area contributed by atoms with Gasteiger partial charge in [0.2, 0.25) is 0 Å². The molecule has 1 rings (SSSR count). The Balaban J connectivity index is 2.75. The first-order valence-electron chi connectivity index (χ1n) is 6.88. The van der Waals surface area contributed by atoms with Crippen molar-refractivity contribution in [2.45, 2.75) is 39.7 Å². The summed E-state index contributed by atoms with van der Waals surface area (Å²) in [6, 6.07) is 8.89. The minimum atomic E-state index is -0.731. The predicted molar refractivity (Wildman–Crippen MR) is 80.4 cm³/mol. The summed E-state index contributed by atoms with van der Waals surface area (Å²) < 4.78 is 11.8. The molecule has 1 aromatic rings. The van der Waals surface area contributed by atoms with E-state index in [0.29, 0.717) is 5.75 Å². The topological polar surface area (TPSA) is 29.1 Å². The van der Waals surface area contributed by atoms with Gasteiger partial charge in [-0.15, -0.1) is 0 Å². The maximum absolute atomic E-state index is 11.8. The first-order chi connectivity index (χ1) is 8.71. The first kappa shape index (κ1) is 15.4. The highest BCUT2D eigenvalue weighted by molar-refractivity contribution is 7.84. The van der Waals surface area contributed by atoms with Crippen molar-refractivity contribution in [3.8, 4) is 0 Å². The summed E-state index contributed by atoms with van der Waals surface area (Å²) in [5, 5.41) is 3.50. The Morgan fingerprint density at radius 3 is 2.33 bits per heavy atom. The quantitative estimate of drug-likeness (QED) is 0.784. The van der Waals surface area contributed by atoms with Crippen molar-refractivity contribution in [1.82, 2.24) is 5.32 Å². The molecule has 0 bridgehead atoms. The summed E-state index contributed by atoms with van der Waals surface area (Å²) in [4.78, 5) is 0. The van der Waals surface area contributed by atoms with Crippen molar-refractivity contribution >= 4 is 10.8 Å². The summed E-state index contributed by atoms with van der Waals surface area (Å²) in [6.07, 6.45) is 2.16. The van der Waals surface area contributed by atoms with Crippen LogP contribution in [0.15, 0.2) is 24.3 Å². The number of nitrogens with one attached hydrogen (secondary N) is 1. The van der Waals surface area contributed by atoms with Crippen LogP contribution in [-0.2, 0) is 17.2 Å². The number of hydrogen-bond donors (Lipinski definition) is 1. The number of hydrogen-bond acceptors (Lipinski definition) is 2. The molecular weight excluding hydrogens is 242 g/mol. The van der Waals surface area contributed by atoms with E-state index < -0.39 is 10.8 Å². The molecule has 2 unspecified atom stereocenters. The second-order valence-electron chi connectivity index (χ2n) is 4.50. The van der Waals surface area contributed by atoms with Crippen molar-refractivity contribution in [3.63, 3.8) is 0 Å². The fraction of sp³-hybridized carbons (Fsp3) is 0.600. The average Bonchev–Trinajstić information content (AvgIpc) is 2.43. The first-order valence-corrected chi connectivity index (χ1v) is 8.37. The normalized spacial score (nSPS) is 14.4. The molecule has 0 aromatic heterocycles. The fourth-order valence-electron chi connectivity index (χ4n) is 1.88. The molecule has 1 N–H and O–H groups in total. The monoisotopic (exact) mass is 267 g/mol. The van der Waals surface area contributed by atoms with Gasteiger partial charge in [0.05, 0.1) is 0 Å². The molecule has 18 heavy (non-hydrogen) atoms. The van der Waals surface area contributed by atoms with Gasteiger partial charge >= 0.3 is 0 Å². The van der Waals surface area contributed by atoms with Crippen molar-refractivity contribution in [2.75, 3.05) is 18.1 Å². The highest BCUT2D eigenvalue weighted by Crippen LogP contribution is 2.16. The van der Waals surface area contributed by atoms with Gasteiger partial charge in [-0.3, -0.25) is 4.21 Å². The van der Waals surface area contributed by atoms with Crippen LogP contribution in [0.5, 0.6) is 0 Å². The van der Waals surface area contributed by atoms with Gasteiger partial charge in [-0.1, -0.05) is 45.0 Å². The smallest absolute Gasteiger partial charge is 0.0436 e. The Morgan fingerprint density at radius 1 is 1.17 bits per heavy atom. The van der Waals surface area contributed by atoms with E-state index in [1.807, 2.05) is 6.92 Å². The van der Waals surface area contributed by atoms with Crippen LogP contribution in [-0.4, -0.2) is 22.3 Å². The highest BCUT2D eigenvalue weighted by atomic mass is 32.2. The summed E-state index contributed by atoms with van der Waals surface area (Å²) in [7, 11) is -0.731. The van der Waals surface area contributed by atoms with Gasteiger partial charge in [0.15, 0.2) is 0 Å². The number of aryl methyl sites for hydroxylation is 1. The van der Waals surface area contributed by atoms with E-state index in [2.05, 4.69) is 43.4 Å². The van der Waals surface area contributed by atoms with Crippen LogP contribution in [0.1, 0.15) is 44.4 Å². The summed E-state index contributed by atoms with van der Waals surface area (Å²) in [5.74, 6) is 1.44. The van der Waals surface area contributed by atoms with Gasteiger partial charge in [0.25, 0.3) is 0 Å². The lowest BCUT2D eigenvalue weighted by atomic mass is 10.0. The lowest BCUT2D eigenvalue weighted by Crippen LogP contribution is -2.27. The number of benzene rings is 1. The molecule has 0 aliphatic rings. The third-order valence-corrected chi connectivity index (χ3v) is 4.45. The molecule has 0 amide bonds. The minimum absolute atomic E-state index is 0.219. The lowest BCUT2D eigenvalue weighted by molar-refractivity contribution is 0.569. The van der Waals surface area contributed by atoms with Crippen LogP contribution in [0.25, 0.3) is 0 Å². The zero-order valence-corrected chi connectivity index (χ0v) is 12.6. The molecule has 0 aliphatic heterocycles. The van der Waals surface area contributed by atoms with Crippen molar-refractivity contribution in [1.29, 1.82) is 0 Å². The highest BCUT2D eigenvalue weighted by Gasteiger charge is 2.13. The van der Waals surface area contributed by atoms with Crippen LogP contribution in [0, 0.1) is 0 Å². The Kier molecular flexibility index (Phi) is 7.21. The van der Waals surface area contributed by atoms with E-state index in [0.717, 1.165) is 25.1 Å². The molecule has 102 valence electrons. The van der Waals surface area contributed by atoms with Crippen LogP contribution in [0.4, 0.5) is 0 Å². The largest absolute Gasteiger partial charge is 0.309 e. The van der Waals surface area contributed by atoms with E-state index in [-0.39, 0.29) is 6.04 Å². The third kappa shape index (κ3) is 4.91. The van der Waals surface area contributed by atoms with Gasteiger partial charge in [-0.05, 0) is 30.5 Å². The molecule has 0 saturated heterocycles. The molecule has 2 atom stereocenters.